The van der Waals surface area contributed by atoms with E-state index in [0.717, 1.165) is 38.2 Å². The SMILES string of the molecule is CCC1(O)CCC(CNc2ccc(S(N)(=O)=O)cc2[N+](=O)[O-])CC1. The molecule has 0 saturated heterocycles. The van der Waals surface area contributed by atoms with E-state index in [-0.39, 0.29) is 16.3 Å². The van der Waals surface area contributed by atoms with E-state index >= 15 is 0 Å². The van der Waals surface area contributed by atoms with E-state index in [9.17, 15) is 23.6 Å². The highest BCUT2D eigenvalue weighted by molar-refractivity contribution is 7.89. The average molecular weight is 357 g/mol. The first-order valence-corrected chi connectivity index (χ1v) is 9.47. The summed E-state index contributed by atoms with van der Waals surface area (Å²) in [6.07, 6.45) is 3.87. The molecule has 0 atom stereocenters. The summed E-state index contributed by atoms with van der Waals surface area (Å²) in [5.41, 5.74) is -0.634. The van der Waals surface area contributed by atoms with Gasteiger partial charge in [-0.1, -0.05) is 6.92 Å². The highest BCUT2D eigenvalue weighted by Crippen LogP contribution is 2.35. The second-order valence-electron chi connectivity index (χ2n) is 6.38. The van der Waals surface area contributed by atoms with Crippen LogP contribution in [0.4, 0.5) is 11.4 Å². The average Bonchev–Trinajstić information content (AvgIpc) is 2.53. The van der Waals surface area contributed by atoms with E-state index in [0.29, 0.717) is 12.5 Å². The third-order valence-electron chi connectivity index (χ3n) is 4.77. The van der Waals surface area contributed by atoms with Crippen molar-refractivity contribution >= 4 is 21.4 Å². The molecule has 8 nitrogen and oxygen atoms in total. The van der Waals surface area contributed by atoms with Gasteiger partial charge >= 0.3 is 0 Å². The van der Waals surface area contributed by atoms with Gasteiger partial charge in [0.2, 0.25) is 10.0 Å². The van der Waals surface area contributed by atoms with Gasteiger partial charge in [0, 0.05) is 12.6 Å². The van der Waals surface area contributed by atoms with Crippen molar-refractivity contribution in [3.05, 3.63) is 28.3 Å². The minimum atomic E-state index is -3.99. The van der Waals surface area contributed by atoms with Crippen molar-refractivity contribution < 1.29 is 18.4 Å². The van der Waals surface area contributed by atoms with Crippen LogP contribution in [0.5, 0.6) is 0 Å². The number of aliphatic hydroxyl groups is 1. The zero-order valence-corrected chi connectivity index (χ0v) is 14.4. The lowest BCUT2D eigenvalue weighted by Crippen LogP contribution is -2.34. The molecule has 0 aromatic heterocycles. The summed E-state index contributed by atoms with van der Waals surface area (Å²) >= 11 is 0. The number of benzene rings is 1. The van der Waals surface area contributed by atoms with Gasteiger partial charge in [0.25, 0.3) is 5.69 Å². The molecule has 1 saturated carbocycles. The van der Waals surface area contributed by atoms with Crippen LogP contribution in [0.3, 0.4) is 0 Å². The van der Waals surface area contributed by atoms with Gasteiger partial charge in [-0.15, -0.1) is 0 Å². The normalized spacial score (nSPS) is 24.5. The first kappa shape index (κ1) is 18.6. The summed E-state index contributed by atoms with van der Waals surface area (Å²) in [6.45, 7) is 2.50. The summed E-state index contributed by atoms with van der Waals surface area (Å²) in [6, 6.07) is 3.58. The summed E-state index contributed by atoms with van der Waals surface area (Å²) in [5, 5.41) is 29.4. The Balaban J connectivity index is 2.06. The number of nitrogens with one attached hydrogen (secondary N) is 1. The van der Waals surface area contributed by atoms with Gasteiger partial charge < -0.3 is 10.4 Å². The van der Waals surface area contributed by atoms with Crippen molar-refractivity contribution in [3.63, 3.8) is 0 Å². The van der Waals surface area contributed by atoms with Crippen LogP contribution >= 0.6 is 0 Å². The molecule has 0 aliphatic heterocycles. The van der Waals surface area contributed by atoms with Gasteiger partial charge in [-0.3, -0.25) is 10.1 Å². The van der Waals surface area contributed by atoms with Crippen LogP contribution in [0.15, 0.2) is 23.1 Å². The molecule has 0 heterocycles. The molecule has 0 bridgehead atoms. The maximum atomic E-state index is 11.3. The molecule has 1 aliphatic carbocycles. The molecule has 1 aromatic carbocycles. The molecule has 0 spiro atoms. The van der Waals surface area contributed by atoms with Crippen LogP contribution < -0.4 is 10.5 Å². The summed E-state index contributed by atoms with van der Waals surface area (Å²) in [7, 11) is -3.99. The Labute approximate surface area is 141 Å². The fourth-order valence-electron chi connectivity index (χ4n) is 3.02. The molecular weight excluding hydrogens is 334 g/mol. The Morgan fingerprint density at radius 1 is 1.42 bits per heavy atom. The predicted octanol–water partition coefficient (Wildman–Crippen LogP) is 1.99. The van der Waals surface area contributed by atoms with Crippen molar-refractivity contribution in [1.29, 1.82) is 0 Å². The van der Waals surface area contributed by atoms with E-state index < -0.39 is 20.5 Å². The van der Waals surface area contributed by atoms with Crippen LogP contribution in [-0.2, 0) is 10.0 Å². The summed E-state index contributed by atoms with van der Waals surface area (Å²) < 4.78 is 22.6. The molecule has 1 aromatic rings. The van der Waals surface area contributed by atoms with Gasteiger partial charge in [0.05, 0.1) is 15.4 Å². The Kier molecular flexibility index (Phi) is 5.46. The second-order valence-corrected chi connectivity index (χ2v) is 7.94. The van der Waals surface area contributed by atoms with Gasteiger partial charge in [-0.2, -0.15) is 0 Å². The van der Waals surface area contributed by atoms with Crippen molar-refractivity contribution in [2.45, 2.75) is 49.5 Å². The van der Waals surface area contributed by atoms with Crippen molar-refractivity contribution in [2.24, 2.45) is 11.1 Å². The lowest BCUT2D eigenvalue weighted by molar-refractivity contribution is -0.384. The van der Waals surface area contributed by atoms with Gasteiger partial charge in [-0.25, -0.2) is 13.6 Å². The van der Waals surface area contributed by atoms with Crippen molar-refractivity contribution in [3.8, 4) is 0 Å². The number of nitrogens with zero attached hydrogens (tertiary/aromatic N) is 1. The largest absolute Gasteiger partial charge is 0.390 e. The topological polar surface area (TPSA) is 136 Å². The lowest BCUT2D eigenvalue weighted by Gasteiger charge is -2.35. The van der Waals surface area contributed by atoms with Crippen LogP contribution in [0.1, 0.15) is 39.0 Å². The number of primary sulfonamides is 1. The minimum Gasteiger partial charge on any atom is -0.390 e. The predicted molar refractivity (Wildman–Crippen MR) is 90.2 cm³/mol. The maximum absolute atomic E-state index is 11.3. The van der Waals surface area contributed by atoms with Gasteiger partial charge in [0.1, 0.15) is 5.69 Å². The van der Waals surface area contributed by atoms with Gasteiger partial charge in [-0.05, 0) is 50.2 Å². The molecule has 0 amide bonds. The quantitative estimate of drug-likeness (QED) is 0.526. The molecule has 2 rings (SSSR count). The highest BCUT2D eigenvalue weighted by atomic mass is 32.2. The fraction of sp³-hybridized carbons (Fsp3) is 0.600. The Hall–Kier alpha value is -1.71. The monoisotopic (exact) mass is 357 g/mol. The number of rotatable bonds is 6. The first-order chi connectivity index (χ1) is 11.1. The smallest absolute Gasteiger partial charge is 0.293 e. The fourth-order valence-corrected chi connectivity index (χ4v) is 3.55. The van der Waals surface area contributed by atoms with Crippen LogP contribution in [0, 0.1) is 16.0 Å². The third-order valence-corrected chi connectivity index (χ3v) is 5.68. The number of nitro benzene ring substituents is 1. The molecule has 134 valence electrons. The molecule has 1 aliphatic rings. The lowest BCUT2D eigenvalue weighted by atomic mass is 9.77. The van der Waals surface area contributed by atoms with E-state index in [1.807, 2.05) is 6.92 Å². The molecule has 4 N–H and O–H groups in total. The number of hydrogen-bond acceptors (Lipinski definition) is 6. The van der Waals surface area contributed by atoms with Gasteiger partial charge in [0.15, 0.2) is 0 Å². The third kappa shape index (κ3) is 4.43. The zero-order valence-electron chi connectivity index (χ0n) is 13.6. The highest BCUT2D eigenvalue weighted by Gasteiger charge is 2.31. The zero-order chi connectivity index (χ0) is 18.0. The maximum Gasteiger partial charge on any atom is 0.293 e. The molecule has 9 heteroatoms. The number of hydrogen-bond donors (Lipinski definition) is 3. The number of nitro groups is 1. The molecular formula is C15H23N3O5S. The Morgan fingerprint density at radius 3 is 2.54 bits per heavy atom. The summed E-state index contributed by atoms with van der Waals surface area (Å²) in [5.74, 6) is 0.314. The summed E-state index contributed by atoms with van der Waals surface area (Å²) in [4.78, 5) is 10.3. The number of sulfonamides is 1. The van der Waals surface area contributed by atoms with E-state index in [1.54, 1.807) is 0 Å². The molecule has 0 unspecified atom stereocenters. The van der Waals surface area contributed by atoms with Crippen LogP contribution in [-0.4, -0.2) is 30.6 Å². The van der Waals surface area contributed by atoms with Crippen LogP contribution in [0.25, 0.3) is 0 Å². The number of nitrogens with two attached hydrogens (primary N) is 1. The standard InChI is InChI=1S/C15H23N3O5S/c1-2-15(19)7-5-11(6-8-15)10-17-13-4-3-12(24(16,22)23)9-14(13)18(20)21/h3-4,9,11,17,19H,2,5-8,10H2,1H3,(H2,16,22,23). The molecule has 1 fully saturated rings. The molecule has 0 radical (unpaired) electrons. The number of anilines is 1. The van der Waals surface area contributed by atoms with Crippen molar-refractivity contribution in [1.82, 2.24) is 0 Å². The Bertz CT molecular complexity index is 712. The van der Waals surface area contributed by atoms with E-state index in [2.05, 4.69) is 5.32 Å². The second kappa shape index (κ2) is 7.04. The molecule has 24 heavy (non-hydrogen) atoms. The first-order valence-electron chi connectivity index (χ1n) is 7.92. The van der Waals surface area contributed by atoms with Crippen LogP contribution in [0.2, 0.25) is 0 Å². The van der Waals surface area contributed by atoms with E-state index in [4.69, 9.17) is 5.14 Å². The van der Waals surface area contributed by atoms with E-state index in [1.165, 1.54) is 12.1 Å². The minimum absolute atomic E-state index is 0.267. The van der Waals surface area contributed by atoms with Crippen molar-refractivity contribution in [2.75, 3.05) is 11.9 Å². The Morgan fingerprint density at radius 2 is 2.04 bits per heavy atom.